The summed E-state index contributed by atoms with van der Waals surface area (Å²) in [6.45, 7) is 4.61. The number of hydrogen-bond acceptors (Lipinski definition) is 3. The van der Waals surface area contributed by atoms with Crippen LogP contribution in [-0.4, -0.2) is 41.2 Å². The lowest BCUT2D eigenvalue weighted by molar-refractivity contribution is 0.324. The molecule has 0 bridgehead atoms. The molecule has 4 nitrogen and oxygen atoms in total. The fourth-order valence-corrected chi connectivity index (χ4v) is 2.60. The average molecular weight is 245 g/mol. The van der Waals surface area contributed by atoms with E-state index in [9.17, 15) is 0 Å². The number of hydrogen-bond donors (Lipinski definition) is 0. The normalized spacial score (nSPS) is 16.5. The van der Waals surface area contributed by atoms with E-state index < -0.39 is 0 Å². The molecule has 1 fully saturated rings. The highest BCUT2D eigenvalue weighted by Crippen LogP contribution is 2.20. The largest absolute Gasteiger partial charge is 0.497 e. The molecule has 0 saturated carbocycles. The monoisotopic (exact) mass is 245 g/mol. The second kappa shape index (κ2) is 4.98. The van der Waals surface area contributed by atoms with E-state index in [1.54, 1.807) is 7.11 Å². The molecule has 1 aromatic carbocycles. The average Bonchev–Trinajstić information content (AvgIpc) is 3.05. The van der Waals surface area contributed by atoms with E-state index in [2.05, 4.69) is 20.5 Å². The molecule has 1 aromatic heterocycles. The number of ether oxygens (including phenoxy) is 1. The molecule has 0 N–H and O–H groups in total. The number of nitrogens with zero attached hydrogens (tertiary/aromatic N) is 3. The SMILES string of the molecule is COc1ccc2ncn(CCN3CCCC3)c2c1. The molecule has 0 aliphatic carbocycles. The van der Waals surface area contributed by atoms with Crippen LogP contribution >= 0.6 is 0 Å². The van der Waals surface area contributed by atoms with Gasteiger partial charge >= 0.3 is 0 Å². The van der Waals surface area contributed by atoms with Gasteiger partial charge in [0.05, 0.1) is 24.5 Å². The van der Waals surface area contributed by atoms with Crippen molar-refractivity contribution in [3.8, 4) is 5.75 Å². The summed E-state index contributed by atoms with van der Waals surface area (Å²) < 4.78 is 7.49. The molecule has 1 saturated heterocycles. The van der Waals surface area contributed by atoms with Crippen LogP contribution in [0.3, 0.4) is 0 Å². The lowest BCUT2D eigenvalue weighted by Gasteiger charge is -2.15. The van der Waals surface area contributed by atoms with Gasteiger partial charge in [-0.3, -0.25) is 0 Å². The van der Waals surface area contributed by atoms with Gasteiger partial charge in [0.1, 0.15) is 5.75 Å². The zero-order chi connectivity index (χ0) is 12.4. The molecular weight excluding hydrogens is 226 g/mol. The van der Waals surface area contributed by atoms with E-state index in [1.165, 1.54) is 25.9 Å². The van der Waals surface area contributed by atoms with Gasteiger partial charge in [0.25, 0.3) is 0 Å². The van der Waals surface area contributed by atoms with Gasteiger partial charge in [-0.2, -0.15) is 0 Å². The van der Waals surface area contributed by atoms with Crippen molar-refractivity contribution in [2.24, 2.45) is 0 Å². The van der Waals surface area contributed by atoms with Crippen molar-refractivity contribution in [3.63, 3.8) is 0 Å². The number of fused-ring (bicyclic) bond motifs is 1. The summed E-state index contributed by atoms with van der Waals surface area (Å²) in [5.41, 5.74) is 2.20. The Morgan fingerprint density at radius 1 is 1.22 bits per heavy atom. The van der Waals surface area contributed by atoms with Crippen LogP contribution in [-0.2, 0) is 6.54 Å². The maximum atomic E-state index is 5.27. The van der Waals surface area contributed by atoms with Gasteiger partial charge in [-0.15, -0.1) is 0 Å². The number of benzene rings is 1. The third-order valence-electron chi connectivity index (χ3n) is 3.68. The molecule has 0 radical (unpaired) electrons. The topological polar surface area (TPSA) is 30.3 Å². The third-order valence-corrected chi connectivity index (χ3v) is 3.68. The minimum atomic E-state index is 0.894. The number of imidazole rings is 1. The van der Waals surface area contributed by atoms with E-state index in [0.29, 0.717) is 0 Å². The Labute approximate surface area is 107 Å². The Morgan fingerprint density at radius 2 is 2.06 bits per heavy atom. The molecule has 1 aliphatic rings. The summed E-state index contributed by atoms with van der Waals surface area (Å²) in [5, 5.41) is 0. The molecular formula is C14H19N3O. The smallest absolute Gasteiger partial charge is 0.121 e. The van der Waals surface area contributed by atoms with Crippen molar-refractivity contribution < 1.29 is 4.74 Å². The Kier molecular flexibility index (Phi) is 3.19. The minimum Gasteiger partial charge on any atom is -0.497 e. The molecule has 3 rings (SSSR count). The number of rotatable bonds is 4. The maximum absolute atomic E-state index is 5.27. The summed E-state index contributed by atoms with van der Waals surface area (Å²) in [6.07, 6.45) is 4.62. The predicted molar refractivity (Wildman–Crippen MR) is 72.0 cm³/mol. The van der Waals surface area contributed by atoms with Crippen molar-refractivity contribution in [2.45, 2.75) is 19.4 Å². The summed E-state index contributed by atoms with van der Waals surface area (Å²) in [6, 6.07) is 6.03. The van der Waals surface area contributed by atoms with Crippen LogP contribution in [0.4, 0.5) is 0 Å². The molecule has 2 heterocycles. The molecule has 0 amide bonds. The second-order valence-corrected chi connectivity index (χ2v) is 4.84. The van der Waals surface area contributed by atoms with E-state index in [-0.39, 0.29) is 0 Å². The van der Waals surface area contributed by atoms with Gasteiger partial charge in [-0.25, -0.2) is 4.98 Å². The molecule has 0 spiro atoms. The van der Waals surface area contributed by atoms with Gasteiger partial charge in [-0.1, -0.05) is 0 Å². The van der Waals surface area contributed by atoms with E-state index in [0.717, 1.165) is 29.9 Å². The fraction of sp³-hybridized carbons (Fsp3) is 0.500. The molecule has 4 heteroatoms. The first kappa shape index (κ1) is 11.5. The Morgan fingerprint density at radius 3 is 2.83 bits per heavy atom. The van der Waals surface area contributed by atoms with Crippen molar-refractivity contribution in [3.05, 3.63) is 24.5 Å². The maximum Gasteiger partial charge on any atom is 0.121 e. The summed E-state index contributed by atoms with van der Waals surface area (Å²) in [7, 11) is 1.70. The number of likely N-dealkylation sites (tertiary alicyclic amines) is 1. The first-order valence-corrected chi connectivity index (χ1v) is 6.58. The predicted octanol–water partition coefficient (Wildman–Crippen LogP) is 2.14. The van der Waals surface area contributed by atoms with Crippen molar-refractivity contribution in [1.82, 2.24) is 14.5 Å². The highest BCUT2D eigenvalue weighted by molar-refractivity contribution is 5.77. The lowest BCUT2D eigenvalue weighted by atomic mass is 10.3. The fourth-order valence-electron chi connectivity index (χ4n) is 2.60. The van der Waals surface area contributed by atoms with E-state index in [4.69, 9.17) is 4.74 Å². The van der Waals surface area contributed by atoms with Gasteiger partial charge in [0.15, 0.2) is 0 Å². The van der Waals surface area contributed by atoms with Crippen molar-refractivity contribution >= 4 is 11.0 Å². The quantitative estimate of drug-likeness (QED) is 0.826. The van der Waals surface area contributed by atoms with Crippen molar-refractivity contribution in [1.29, 1.82) is 0 Å². The van der Waals surface area contributed by atoms with Gasteiger partial charge < -0.3 is 14.2 Å². The second-order valence-electron chi connectivity index (χ2n) is 4.84. The van der Waals surface area contributed by atoms with Gasteiger partial charge in [-0.05, 0) is 38.1 Å². The highest BCUT2D eigenvalue weighted by atomic mass is 16.5. The Bertz CT molecular complexity index is 529. The zero-order valence-electron chi connectivity index (χ0n) is 10.8. The first-order valence-electron chi connectivity index (χ1n) is 6.58. The molecule has 0 unspecified atom stereocenters. The van der Waals surface area contributed by atoms with Crippen LogP contribution < -0.4 is 4.74 Å². The van der Waals surface area contributed by atoms with Crippen molar-refractivity contribution in [2.75, 3.05) is 26.7 Å². The molecule has 0 atom stereocenters. The molecule has 1 aliphatic heterocycles. The highest BCUT2D eigenvalue weighted by Gasteiger charge is 2.11. The van der Waals surface area contributed by atoms with Crippen LogP contribution in [0.15, 0.2) is 24.5 Å². The van der Waals surface area contributed by atoms with Gasteiger partial charge in [0.2, 0.25) is 0 Å². The summed E-state index contributed by atoms with van der Waals surface area (Å²) in [5.74, 6) is 0.894. The number of methoxy groups -OCH3 is 1. The lowest BCUT2D eigenvalue weighted by Crippen LogP contribution is -2.23. The summed E-state index contributed by atoms with van der Waals surface area (Å²) >= 11 is 0. The Hall–Kier alpha value is -1.55. The van der Waals surface area contributed by atoms with Gasteiger partial charge in [0, 0.05) is 19.2 Å². The molecule has 2 aromatic rings. The molecule has 18 heavy (non-hydrogen) atoms. The minimum absolute atomic E-state index is 0.894. The first-order chi connectivity index (χ1) is 8.86. The zero-order valence-corrected chi connectivity index (χ0v) is 10.8. The third kappa shape index (κ3) is 2.20. The Balaban J connectivity index is 1.78. The van der Waals surface area contributed by atoms with Crippen LogP contribution in [0, 0.1) is 0 Å². The van der Waals surface area contributed by atoms with Crippen LogP contribution in [0.5, 0.6) is 5.75 Å². The van der Waals surface area contributed by atoms with E-state index in [1.807, 2.05) is 18.5 Å². The molecule has 96 valence electrons. The standard InChI is InChI=1S/C14H19N3O/c1-18-12-4-5-13-14(10-12)17(11-15-13)9-8-16-6-2-3-7-16/h4-5,10-11H,2-3,6-9H2,1H3. The van der Waals surface area contributed by atoms with Crippen LogP contribution in [0.2, 0.25) is 0 Å². The number of aromatic nitrogens is 2. The van der Waals surface area contributed by atoms with E-state index >= 15 is 0 Å². The summed E-state index contributed by atoms with van der Waals surface area (Å²) in [4.78, 5) is 6.95. The van der Waals surface area contributed by atoms with Crippen LogP contribution in [0.25, 0.3) is 11.0 Å². The van der Waals surface area contributed by atoms with Crippen LogP contribution in [0.1, 0.15) is 12.8 Å².